The topological polar surface area (TPSA) is 57.5 Å². The van der Waals surface area contributed by atoms with Crippen LogP contribution in [0, 0.1) is 5.82 Å². The molecular weight excluding hydrogens is 290 g/mol. The van der Waals surface area contributed by atoms with Crippen LogP contribution >= 0.6 is 7.60 Å². The summed E-state index contributed by atoms with van der Waals surface area (Å²) < 4.78 is 25.0. The number of rotatable bonds is 6. The minimum atomic E-state index is -4.01. The van der Waals surface area contributed by atoms with E-state index in [9.17, 15) is 8.96 Å². The van der Waals surface area contributed by atoms with Gasteiger partial charge in [-0.1, -0.05) is 48.5 Å². The molecule has 21 heavy (non-hydrogen) atoms. The van der Waals surface area contributed by atoms with Gasteiger partial charge in [0.15, 0.2) is 0 Å². The normalized spacial score (nSPS) is 13.1. The third kappa shape index (κ3) is 4.78. The summed E-state index contributed by atoms with van der Waals surface area (Å²) in [5.41, 5.74) is 1.52. The van der Waals surface area contributed by atoms with Crippen LogP contribution < -0.4 is 0 Å². The molecule has 2 rings (SSSR count). The Morgan fingerprint density at radius 2 is 1.62 bits per heavy atom. The molecular formula is C16H18FO3P. The van der Waals surface area contributed by atoms with Crippen LogP contribution in [0.3, 0.4) is 0 Å². The Bertz CT molecular complexity index is 624. The molecule has 0 saturated heterocycles. The maximum Gasteiger partial charge on any atom is 0.325 e. The molecule has 0 saturated carbocycles. The van der Waals surface area contributed by atoms with Crippen molar-refractivity contribution in [1.29, 1.82) is 0 Å². The molecule has 1 atom stereocenters. The molecule has 0 bridgehead atoms. The lowest BCUT2D eigenvalue weighted by atomic mass is 9.87. The van der Waals surface area contributed by atoms with Crippen molar-refractivity contribution in [2.24, 2.45) is 0 Å². The van der Waals surface area contributed by atoms with Crippen LogP contribution in [0.4, 0.5) is 4.39 Å². The van der Waals surface area contributed by atoms with Crippen molar-refractivity contribution in [3.8, 4) is 0 Å². The van der Waals surface area contributed by atoms with E-state index in [2.05, 4.69) is 0 Å². The van der Waals surface area contributed by atoms with E-state index < -0.39 is 7.60 Å². The Labute approximate surface area is 123 Å². The zero-order valence-corrected chi connectivity index (χ0v) is 12.4. The van der Waals surface area contributed by atoms with E-state index in [1.165, 1.54) is 6.07 Å². The van der Waals surface area contributed by atoms with Crippen LogP contribution in [0.2, 0.25) is 0 Å². The van der Waals surface area contributed by atoms with Gasteiger partial charge in [-0.2, -0.15) is 0 Å². The predicted octanol–water partition coefficient (Wildman–Crippen LogP) is 3.92. The Hall–Kier alpha value is -1.48. The molecule has 0 aliphatic rings. The van der Waals surface area contributed by atoms with Gasteiger partial charge in [-0.25, -0.2) is 4.39 Å². The van der Waals surface area contributed by atoms with Gasteiger partial charge >= 0.3 is 7.60 Å². The summed E-state index contributed by atoms with van der Waals surface area (Å²) in [6.07, 6.45) is 0.666. The van der Waals surface area contributed by atoms with E-state index in [1.54, 1.807) is 18.2 Å². The van der Waals surface area contributed by atoms with Crippen molar-refractivity contribution in [3.63, 3.8) is 0 Å². The van der Waals surface area contributed by atoms with Gasteiger partial charge < -0.3 is 9.79 Å². The van der Waals surface area contributed by atoms with Crippen LogP contribution in [-0.2, 0) is 4.57 Å². The van der Waals surface area contributed by atoms with Gasteiger partial charge in [0.25, 0.3) is 0 Å². The van der Waals surface area contributed by atoms with Crippen LogP contribution in [-0.4, -0.2) is 15.9 Å². The zero-order chi connectivity index (χ0) is 15.3. The summed E-state index contributed by atoms with van der Waals surface area (Å²) in [5, 5.41) is 0. The number of hydrogen-bond donors (Lipinski definition) is 2. The van der Waals surface area contributed by atoms with Gasteiger partial charge in [0.1, 0.15) is 5.82 Å². The average Bonchev–Trinajstić information content (AvgIpc) is 2.45. The standard InChI is InChI=1S/C16H18FO3P/c17-16-11-5-4-9-15(16)14(10-6-12-21(18,19)20)13-7-2-1-3-8-13/h1-5,7-9,11,14H,6,10,12H2,(H2,18,19,20). The molecule has 5 heteroatoms. The molecule has 0 amide bonds. The summed E-state index contributed by atoms with van der Waals surface area (Å²) in [4.78, 5) is 17.9. The minimum absolute atomic E-state index is 0.176. The third-order valence-electron chi connectivity index (χ3n) is 3.42. The van der Waals surface area contributed by atoms with Crippen molar-refractivity contribution >= 4 is 7.60 Å². The van der Waals surface area contributed by atoms with Gasteiger partial charge in [-0.15, -0.1) is 0 Å². The van der Waals surface area contributed by atoms with Crippen molar-refractivity contribution < 1.29 is 18.7 Å². The van der Waals surface area contributed by atoms with Crippen molar-refractivity contribution in [2.75, 3.05) is 6.16 Å². The Kier molecular flexibility index (Phi) is 5.29. The Balaban J connectivity index is 2.24. The molecule has 0 aromatic heterocycles. The highest BCUT2D eigenvalue weighted by atomic mass is 31.2. The minimum Gasteiger partial charge on any atom is -0.324 e. The second-order valence-corrected chi connectivity index (χ2v) is 6.79. The van der Waals surface area contributed by atoms with Crippen LogP contribution in [0.15, 0.2) is 54.6 Å². The molecule has 0 aliphatic carbocycles. The van der Waals surface area contributed by atoms with E-state index in [1.807, 2.05) is 30.3 Å². The van der Waals surface area contributed by atoms with Crippen molar-refractivity contribution in [1.82, 2.24) is 0 Å². The van der Waals surface area contributed by atoms with E-state index in [4.69, 9.17) is 9.79 Å². The fourth-order valence-electron chi connectivity index (χ4n) is 2.45. The van der Waals surface area contributed by atoms with Crippen molar-refractivity contribution in [3.05, 3.63) is 71.5 Å². The number of halogens is 1. The molecule has 2 N–H and O–H groups in total. The third-order valence-corrected chi connectivity index (χ3v) is 4.32. The zero-order valence-electron chi connectivity index (χ0n) is 11.5. The van der Waals surface area contributed by atoms with E-state index in [0.29, 0.717) is 18.4 Å². The van der Waals surface area contributed by atoms with Gasteiger partial charge in [0, 0.05) is 12.1 Å². The second-order valence-electron chi connectivity index (χ2n) is 5.02. The first kappa shape index (κ1) is 15.9. The number of benzene rings is 2. The van der Waals surface area contributed by atoms with Crippen LogP contribution in [0.1, 0.15) is 29.9 Å². The lowest BCUT2D eigenvalue weighted by Crippen LogP contribution is -2.05. The van der Waals surface area contributed by atoms with E-state index >= 15 is 0 Å². The first-order valence-corrected chi connectivity index (χ1v) is 8.61. The lowest BCUT2D eigenvalue weighted by molar-refractivity contribution is 0.370. The highest BCUT2D eigenvalue weighted by molar-refractivity contribution is 7.51. The first-order chi connectivity index (χ1) is 9.97. The maximum atomic E-state index is 14.0. The average molecular weight is 308 g/mol. The summed E-state index contributed by atoms with van der Waals surface area (Å²) in [6.45, 7) is 0. The lowest BCUT2D eigenvalue weighted by Gasteiger charge is -2.19. The Morgan fingerprint density at radius 3 is 2.24 bits per heavy atom. The molecule has 0 fully saturated rings. The maximum absolute atomic E-state index is 14.0. The van der Waals surface area contributed by atoms with Gasteiger partial charge in [0.2, 0.25) is 0 Å². The van der Waals surface area contributed by atoms with Gasteiger partial charge in [-0.3, -0.25) is 4.57 Å². The van der Waals surface area contributed by atoms with Gasteiger partial charge in [-0.05, 0) is 30.0 Å². The fraction of sp³-hybridized carbons (Fsp3) is 0.250. The molecule has 0 aliphatic heterocycles. The van der Waals surface area contributed by atoms with Crippen LogP contribution in [0.25, 0.3) is 0 Å². The summed E-state index contributed by atoms with van der Waals surface area (Å²) in [7, 11) is -4.01. The molecule has 112 valence electrons. The molecule has 3 nitrogen and oxygen atoms in total. The monoisotopic (exact) mass is 308 g/mol. The SMILES string of the molecule is O=P(O)(O)CCCC(c1ccccc1)c1ccccc1F. The highest BCUT2D eigenvalue weighted by Gasteiger charge is 2.19. The smallest absolute Gasteiger partial charge is 0.324 e. The summed E-state index contributed by atoms with van der Waals surface area (Å²) >= 11 is 0. The molecule has 0 spiro atoms. The molecule has 2 aromatic rings. The van der Waals surface area contributed by atoms with Crippen molar-refractivity contribution in [2.45, 2.75) is 18.8 Å². The summed E-state index contributed by atoms with van der Waals surface area (Å²) in [5.74, 6) is -0.485. The quantitative estimate of drug-likeness (QED) is 0.795. The largest absolute Gasteiger partial charge is 0.325 e. The van der Waals surface area contributed by atoms with E-state index in [-0.39, 0.29) is 17.9 Å². The summed E-state index contributed by atoms with van der Waals surface area (Å²) in [6, 6.07) is 16.0. The predicted molar refractivity (Wildman–Crippen MR) is 80.8 cm³/mol. The van der Waals surface area contributed by atoms with Gasteiger partial charge in [0.05, 0.1) is 0 Å². The molecule has 0 radical (unpaired) electrons. The molecule has 0 heterocycles. The first-order valence-electron chi connectivity index (χ1n) is 6.81. The Morgan fingerprint density at radius 1 is 1.00 bits per heavy atom. The highest BCUT2D eigenvalue weighted by Crippen LogP contribution is 2.38. The second kappa shape index (κ2) is 6.99. The van der Waals surface area contributed by atoms with E-state index in [0.717, 1.165) is 5.56 Å². The molecule has 2 aromatic carbocycles. The molecule has 1 unspecified atom stereocenters. The number of hydrogen-bond acceptors (Lipinski definition) is 1. The van der Waals surface area contributed by atoms with Crippen LogP contribution in [0.5, 0.6) is 0 Å². The fourth-order valence-corrected chi connectivity index (χ4v) is 3.04.